The SMILES string of the molecule is CCOC(=O)C1=C(C)N=c2s/c(=C\c3cc(I)c(OCc4ccc(Cl)c(Cl)c4)c(I)c3)c(=O)n2[C@H]1c1cc(OC)c(OC)cc1Br. The van der Waals surface area contributed by atoms with Crippen LogP contribution in [0.2, 0.25) is 10.0 Å². The summed E-state index contributed by atoms with van der Waals surface area (Å²) in [6.45, 7) is 3.96. The molecule has 240 valence electrons. The molecule has 0 aliphatic carbocycles. The molecule has 2 heterocycles. The van der Waals surface area contributed by atoms with Gasteiger partial charge in [-0.05, 0) is 118 Å². The van der Waals surface area contributed by atoms with Crippen molar-refractivity contribution in [2.75, 3.05) is 20.8 Å². The summed E-state index contributed by atoms with van der Waals surface area (Å²) in [6, 6.07) is 11.9. The number of benzene rings is 3. The van der Waals surface area contributed by atoms with Crippen molar-refractivity contribution in [1.82, 2.24) is 4.57 Å². The molecule has 0 radical (unpaired) electrons. The van der Waals surface area contributed by atoms with Gasteiger partial charge in [-0.1, -0.05) is 56.5 Å². The van der Waals surface area contributed by atoms with Gasteiger partial charge in [-0.15, -0.1) is 0 Å². The van der Waals surface area contributed by atoms with E-state index in [0.717, 1.165) is 24.0 Å². The van der Waals surface area contributed by atoms with Gasteiger partial charge in [0.25, 0.3) is 5.56 Å². The Morgan fingerprint density at radius 1 is 1.07 bits per heavy atom. The number of ether oxygens (including phenoxy) is 4. The molecule has 1 aromatic heterocycles. The summed E-state index contributed by atoms with van der Waals surface area (Å²) in [5, 5.41) is 0.952. The Morgan fingerprint density at radius 2 is 1.74 bits per heavy atom. The number of nitrogens with zero attached hydrogens (tertiary/aromatic N) is 2. The number of thiazole rings is 1. The van der Waals surface area contributed by atoms with Crippen molar-refractivity contribution in [2.45, 2.75) is 26.5 Å². The van der Waals surface area contributed by atoms with Crippen molar-refractivity contribution < 1.29 is 23.7 Å². The molecule has 0 spiro atoms. The highest BCUT2D eigenvalue weighted by Crippen LogP contribution is 2.41. The lowest BCUT2D eigenvalue weighted by Gasteiger charge is -2.26. The predicted octanol–water partition coefficient (Wildman–Crippen LogP) is 7.67. The fraction of sp³-hybridized carbons (Fsp3) is 0.219. The summed E-state index contributed by atoms with van der Waals surface area (Å²) >= 11 is 21.5. The van der Waals surface area contributed by atoms with Crippen molar-refractivity contribution in [3.8, 4) is 17.2 Å². The van der Waals surface area contributed by atoms with Gasteiger partial charge in [0.1, 0.15) is 12.4 Å². The zero-order chi connectivity index (χ0) is 33.3. The summed E-state index contributed by atoms with van der Waals surface area (Å²) in [6.07, 6.45) is 1.82. The summed E-state index contributed by atoms with van der Waals surface area (Å²) in [5.41, 5.74) is 2.75. The van der Waals surface area contributed by atoms with Crippen LogP contribution in [0.15, 0.2) is 68.0 Å². The smallest absolute Gasteiger partial charge is 0.338 e. The van der Waals surface area contributed by atoms with Crippen LogP contribution in [0, 0.1) is 7.14 Å². The fourth-order valence-corrected chi connectivity index (χ4v) is 8.94. The minimum Gasteiger partial charge on any atom is -0.493 e. The largest absolute Gasteiger partial charge is 0.493 e. The molecule has 0 N–H and O–H groups in total. The molecule has 46 heavy (non-hydrogen) atoms. The van der Waals surface area contributed by atoms with Gasteiger partial charge in [-0.25, -0.2) is 9.79 Å². The Bertz CT molecular complexity index is 2060. The quantitative estimate of drug-likeness (QED) is 0.127. The van der Waals surface area contributed by atoms with Gasteiger partial charge in [0.15, 0.2) is 16.3 Å². The van der Waals surface area contributed by atoms with E-state index in [0.29, 0.717) is 53.2 Å². The number of rotatable bonds is 9. The Balaban J connectivity index is 1.59. The standard InChI is InChI=1S/C32H25BrCl2I2N2O6S/c1-5-44-31(41)27-15(2)38-32-39(28(27)18-12-24(42-3)25(43-4)13-19(18)33)30(40)26(46-32)11-17-9-22(36)29(23(37)10-17)45-14-16-6-7-20(34)21(35)8-16/h6-13,28H,5,14H2,1-4H3/b26-11-/t28-/m0/s1. The van der Waals surface area contributed by atoms with Crippen molar-refractivity contribution in [2.24, 2.45) is 4.99 Å². The molecule has 0 amide bonds. The van der Waals surface area contributed by atoms with Crippen LogP contribution in [0.1, 0.15) is 36.6 Å². The minimum absolute atomic E-state index is 0.171. The van der Waals surface area contributed by atoms with Gasteiger partial charge in [0.2, 0.25) is 0 Å². The van der Waals surface area contributed by atoms with Crippen LogP contribution in [0.25, 0.3) is 6.08 Å². The van der Waals surface area contributed by atoms with E-state index in [2.05, 4.69) is 66.1 Å². The monoisotopic (exact) mass is 968 g/mol. The third kappa shape index (κ3) is 7.16. The third-order valence-corrected chi connectivity index (χ3v) is 11.0. The molecule has 0 fully saturated rings. The number of methoxy groups -OCH3 is 2. The molecule has 0 saturated carbocycles. The highest BCUT2D eigenvalue weighted by molar-refractivity contribution is 14.1. The van der Waals surface area contributed by atoms with E-state index in [1.165, 1.54) is 30.1 Å². The first-order chi connectivity index (χ1) is 22.0. The highest BCUT2D eigenvalue weighted by Gasteiger charge is 2.35. The molecule has 8 nitrogen and oxygen atoms in total. The number of allylic oxidation sites excluding steroid dienone is 1. The summed E-state index contributed by atoms with van der Waals surface area (Å²) in [5.74, 6) is 1.12. The van der Waals surface area contributed by atoms with Gasteiger partial charge < -0.3 is 18.9 Å². The predicted molar refractivity (Wildman–Crippen MR) is 200 cm³/mol. The molecule has 0 unspecified atom stereocenters. The molecule has 1 aliphatic rings. The van der Waals surface area contributed by atoms with Gasteiger partial charge in [-0.2, -0.15) is 0 Å². The molecular formula is C32H25BrCl2I2N2O6S. The first-order valence-electron chi connectivity index (χ1n) is 13.6. The number of hydrogen-bond donors (Lipinski definition) is 0. The Labute approximate surface area is 314 Å². The molecule has 1 atom stereocenters. The van der Waals surface area contributed by atoms with Crippen LogP contribution < -0.4 is 29.1 Å². The van der Waals surface area contributed by atoms with E-state index in [4.69, 9.17) is 42.1 Å². The van der Waals surface area contributed by atoms with E-state index < -0.39 is 12.0 Å². The van der Waals surface area contributed by atoms with Crippen molar-refractivity contribution in [3.05, 3.63) is 112 Å². The molecule has 3 aromatic carbocycles. The summed E-state index contributed by atoms with van der Waals surface area (Å²) in [4.78, 5) is 32.6. The van der Waals surface area contributed by atoms with Gasteiger partial charge in [0, 0.05) is 4.47 Å². The zero-order valence-electron chi connectivity index (χ0n) is 24.8. The Kier molecular flexibility index (Phi) is 11.5. The van der Waals surface area contributed by atoms with E-state index in [-0.39, 0.29) is 17.7 Å². The maximum Gasteiger partial charge on any atom is 0.338 e. The van der Waals surface area contributed by atoms with Crippen LogP contribution in [0.3, 0.4) is 0 Å². The first kappa shape index (κ1) is 35.2. The van der Waals surface area contributed by atoms with Crippen LogP contribution in [0.5, 0.6) is 17.2 Å². The van der Waals surface area contributed by atoms with E-state index >= 15 is 0 Å². The second-order valence-corrected chi connectivity index (χ2v) is 14.9. The lowest BCUT2D eigenvalue weighted by molar-refractivity contribution is -0.139. The maximum atomic E-state index is 14.2. The molecule has 14 heteroatoms. The van der Waals surface area contributed by atoms with Crippen LogP contribution in [-0.4, -0.2) is 31.4 Å². The summed E-state index contributed by atoms with van der Waals surface area (Å²) in [7, 11) is 3.07. The number of fused-ring (bicyclic) bond motifs is 1. The number of carbonyl (C=O) groups excluding carboxylic acids is 1. The van der Waals surface area contributed by atoms with Crippen molar-refractivity contribution in [1.29, 1.82) is 0 Å². The minimum atomic E-state index is -0.830. The molecule has 0 bridgehead atoms. The van der Waals surface area contributed by atoms with Crippen LogP contribution in [0.4, 0.5) is 0 Å². The lowest BCUT2D eigenvalue weighted by atomic mass is 9.95. The van der Waals surface area contributed by atoms with Crippen molar-refractivity contribution >= 4 is 108 Å². The van der Waals surface area contributed by atoms with Gasteiger partial charge in [0.05, 0.1) is 59.9 Å². The Morgan fingerprint density at radius 3 is 2.37 bits per heavy atom. The average Bonchev–Trinajstić information content (AvgIpc) is 3.31. The van der Waals surface area contributed by atoms with Crippen LogP contribution in [-0.2, 0) is 16.1 Å². The normalized spacial score (nSPS) is 14.5. The Hall–Kier alpha value is -2.11. The number of aromatic nitrogens is 1. The van der Waals surface area contributed by atoms with E-state index in [9.17, 15) is 9.59 Å². The number of esters is 1. The lowest BCUT2D eigenvalue weighted by Crippen LogP contribution is -2.40. The molecule has 5 rings (SSSR count). The highest BCUT2D eigenvalue weighted by atomic mass is 127. The molecule has 4 aromatic rings. The van der Waals surface area contributed by atoms with E-state index in [1.807, 2.05) is 24.3 Å². The van der Waals surface area contributed by atoms with Gasteiger partial charge >= 0.3 is 5.97 Å². The maximum absolute atomic E-state index is 14.2. The van der Waals surface area contributed by atoms with Gasteiger partial charge in [-0.3, -0.25) is 9.36 Å². The topological polar surface area (TPSA) is 88.4 Å². The zero-order valence-corrected chi connectivity index (χ0v) is 33.0. The number of halogens is 5. The fourth-order valence-electron chi connectivity index (χ4n) is 4.90. The second kappa shape index (κ2) is 15.0. The molecular weight excluding hydrogens is 945 g/mol. The first-order valence-corrected chi connectivity index (χ1v) is 18.2. The number of hydrogen-bond acceptors (Lipinski definition) is 8. The average molecular weight is 970 g/mol. The van der Waals surface area contributed by atoms with Crippen LogP contribution >= 0.6 is 95.7 Å². The van der Waals surface area contributed by atoms with Crippen molar-refractivity contribution in [3.63, 3.8) is 0 Å². The molecule has 1 aliphatic heterocycles. The van der Waals surface area contributed by atoms with E-state index in [1.54, 1.807) is 38.1 Å². The third-order valence-electron chi connectivity index (χ3n) is 7.00. The number of carbonyl (C=O) groups is 1. The molecule has 0 saturated heterocycles. The second-order valence-electron chi connectivity index (χ2n) is 9.88. The summed E-state index contributed by atoms with van der Waals surface area (Å²) < 4.78 is 26.9.